The van der Waals surface area contributed by atoms with Gasteiger partial charge >= 0.3 is 0 Å². The molecule has 0 aliphatic heterocycles. The molecule has 24 heavy (non-hydrogen) atoms. The molecule has 1 amide bonds. The fourth-order valence-corrected chi connectivity index (χ4v) is 4.22. The van der Waals surface area contributed by atoms with Crippen LogP contribution in [0.25, 0.3) is 10.2 Å². The average Bonchev–Trinajstić information content (AvgIpc) is 3.18. The van der Waals surface area contributed by atoms with E-state index in [-0.39, 0.29) is 5.91 Å². The fraction of sp³-hybridized carbons (Fsp3) is 0.263. The van der Waals surface area contributed by atoms with Crippen LogP contribution >= 0.6 is 11.3 Å². The maximum Gasteiger partial charge on any atom is 0.263 e. The summed E-state index contributed by atoms with van der Waals surface area (Å²) in [5.74, 6) is -0.105. The van der Waals surface area contributed by atoms with Crippen molar-refractivity contribution in [2.45, 2.75) is 25.7 Å². The molecule has 0 unspecified atom stereocenters. The summed E-state index contributed by atoms with van der Waals surface area (Å²) in [4.78, 5) is 18.6. The molecule has 3 aromatic rings. The first kappa shape index (κ1) is 15.1. The summed E-state index contributed by atoms with van der Waals surface area (Å²) < 4.78 is 0. The molecule has 1 aromatic carbocycles. The van der Waals surface area contributed by atoms with E-state index in [4.69, 9.17) is 10.7 Å². The summed E-state index contributed by atoms with van der Waals surface area (Å²) in [7, 11) is 0. The molecule has 5 heteroatoms. The van der Waals surface area contributed by atoms with Gasteiger partial charge in [0.1, 0.15) is 9.71 Å². The molecule has 1 aliphatic carbocycles. The van der Waals surface area contributed by atoms with Gasteiger partial charge in [0.25, 0.3) is 5.91 Å². The second-order valence-electron chi connectivity index (χ2n) is 6.14. The molecular weight excluding hydrogens is 318 g/mol. The van der Waals surface area contributed by atoms with E-state index in [9.17, 15) is 4.79 Å². The number of hydrogen-bond acceptors (Lipinski definition) is 4. The van der Waals surface area contributed by atoms with Gasteiger partial charge in [0, 0.05) is 17.6 Å². The third-order valence-electron chi connectivity index (χ3n) is 4.50. The molecule has 0 radical (unpaired) electrons. The Morgan fingerprint density at radius 2 is 2.08 bits per heavy atom. The lowest BCUT2D eigenvalue weighted by Gasteiger charge is -2.04. The summed E-state index contributed by atoms with van der Waals surface area (Å²) in [6.45, 7) is 0.598. The van der Waals surface area contributed by atoms with Gasteiger partial charge in [-0.15, -0.1) is 11.3 Å². The van der Waals surface area contributed by atoms with Crippen LogP contribution in [-0.4, -0.2) is 17.4 Å². The Morgan fingerprint density at radius 1 is 1.25 bits per heavy atom. The summed E-state index contributed by atoms with van der Waals surface area (Å²) in [5, 5.41) is 3.89. The van der Waals surface area contributed by atoms with Gasteiger partial charge in [-0.2, -0.15) is 0 Å². The van der Waals surface area contributed by atoms with Crippen molar-refractivity contribution < 1.29 is 4.79 Å². The lowest BCUT2D eigenvalue weighted by atomic mass is 10.1. The lowest BCUT2D eigenvalue weighted by Crippen LogP contribution is -2.25. The summed E-state index contributed by atoms with van der Waals surface area (Å²) in [6, 6.07) is 12.2. The minimum absolute atomic E-state index is 0.105. The zero-order valence-electron chi connectivity index (χ0n) is 13.3. The second-order valence-corrected chi connectivity index (χ2v) is 7.14. The number of nitrogens with one attached hydrogen (secondary N) is 1. The van der Waals surface area contributed by atoms with Gasteiger partial charge in [-0.1, -0.05) is 30.3 Å². The minimum atomic E-state index is -0.105. The lowest BCUT2D eigenvalue weighted by molar-refractivity contribution is 0.0959. The molecule has 4 rings (SSSR count). The molecule has 0 spiro atoms. The largest absolute Gasteiger partial charge is 0.397 e. The highest BCUT2D eigenvalue weighted by Crippen LogP contribution is 2.35. The van der Waals surface area contributed by atoms with Gasteiger partial charge < -0.3 is 11.1 Å². The van der Waals surface area contributed by atoms with Crippen LogP contribution in [0.3, 0.4) is 0 Å². The van der Waals surface area contributed by atoms with E-state index in [1.54, 1.807) is 0 Å². The van der Waals surface area contributed by atoms with Crippen LogP contribution in [0.1, 0.15) is 32.9 Å². The maximum absolute atomic E-state index is 12.5. The van der Waals surface area contributed by atoms with Gasteiger partial charge in [-0.25, -0.2) is 4.98 Å². The predicted molar refractivity (Wildman–Crippen MR) is 98.5 cm³/mol. The zero-order valence-corrected chi connectivity index (χ0v) is 14.2. The van der Waals surface area contributed by atoms with Crippen molar-refractivity contribution >= 4 is 33.1 Å². The van der Waals surface area contributed by atoms with Crippen LogP contribution in [-0.2, 0) is 19.3 Å². The SMILES string of the molecule is Nc1c(C(=O)NCCc2ccccc2)sc2nc3c(cc12)CCC3. The number of hydrogen-bond donors (Lipinski definition) is 2. The number of amides is 1. The van der Waals surface area contributed by atoms with Gasteiger partial charge in [0.05, 0.1) is 5.69 Å². The van der Waals surface area contributed by atoms with E-state index >= 15 is 0 Å². The van der Waals surface area contributed by atoms with Crippen LogP contribution in [0.5, 0.6) is 0 Å². The Labute approximate surface area is 144 Å². The van der Waals surface area contributed by atoms with E-state index in [2.05, 4.69) is 23.5 Å². The van der Waals surface area contributed by atoms with Crippen molar-refractivity contribution in [3.8, 4) is 0 Å². The number of pyridine rings is 1. The van der Waals surface area contributed by atoms with Gasteiger partial charge in [-0.05, 0) is 42.9 Å². The highest BCUT2D eigenvalue weighted by Gasteiger charge is 2.20. The summed E-state index contributed by atoms with van der Waals surface area (Å²) in [6.07, 6.45) is 4.06. The Balaban J connectivity index is 1.51. The van der Waals surface area contributed by atoms with E-state index in [0.29, 0.717) is 17.1 Å². The van der Waals surface area contributed by atoms with Gasteiger partial charge in [0.15, 0.2) is 0 Å². The van der Waals surface area contributed by atoms with Crippen LogP contribution in [0.4, 0.5) is 5.69 Å². The normalized spacial score (nSPS) is 13.2. The van der Waals surface area contributed by atoms with Crippen molar-refractivity contribution in [3.05, 3.63) is 58.1 Å². The molecular formula is C19H19N3OS. The number of aryl methyl sites for hydroxylation is 2. The van der Waals surface area contributed by atoms with Gasteiger partial charge in [-0.3, -0.25) is 4.79 Å². The second kappa shape index (κ2) is 6.24. The van der Waals surface area contributed by atoms with Crippen LogP contribution < -0.4 is 11.1 Å². The molecule has 2 heterocycles. The van der Waals surface area contributed by atoms with Crippen LogP contribution in [0.2, 0.25) is 0 Å². The number of benzene rings is 1. The highest BCUT2D eigenvalue weighted by atomic mass is 32.1. The molecule has 0 saturated carbocycles. The van der Waals surface area contributed by atoms with Crippen LogP contribution in [0, 0.1) is 0 Å². The zero-order chi connectivity index (χ0) is 16.5. The third kappa shape index (κ3) is 2.76. The predicted octanol–water partition coefficient (Wildman–Crippen LogP) is 3.34. The first-order valence-corrected chi connectivity index (χ1v) is 9.07. The summed E-state index contributed by atoms with van der Waals surface area (Å²) >= 11 is 1.40. The Morgan fingerprint density at radius 3 is 2.92 bits per heavy atom. The smallest absolute Gasteiger partial charge is 0.263 e. The summed E-state index contributed by atoms with van der Waals surface area (Å²) in [5.41, 5.74) is 10.4. The molecule has 1 aliphatic rings. The number of anilines is 1. The molecule has 2 aromatic heterocycles. The Bertz CT molecular complexity index is 902. The molecule has 0 bridgehead atoms. The van der Waals surface area contributed by atoms with Crippen molar-refractivity contribution in [2.75, 3.05) is 12.3 Å². The monoisotopic (exact) mass is 337 g/mol. The molecule has 3 N–H and O–H groups in total. The number of nitrogens with two attached hydrogens (primary N) is 1. The molecule has 0 saturated heterocycles. The van der Waals surface area contributed by atoms with Crippen molar-refractivity contribution in [2.24, 2.45) is 0 Å². The number of nitrogens with zero attached hydrogens (tertiary/aromatic N) is 1. The molecule has 122 valence electrons. The number of carbonyl (C=O) groups excluding carboxylic acids is 1. The Hall–Kier alpha value is -2.40. The maximum atomic E-state index is 12.5. The number of carbonyl (C=O) groups is 1. The molecule has 0 atom stereocenters. The minimum Gasteiger partial charge on any atom is -0.397 e. The van der Waals surface area contributed by atoms with E-state index in [1.165, 1.54) is 28.2 Å². The first-order valence-electron chi connectivity index (χ1n) is 8.25. The molecule has 0 fully saturated rings. The number of thiophene rings is 1. The quantitative estimate of drug-likeness (QED) is 0.767. The van der Waals surface area contributed by atoms with Crippen LogP contribution in [0.15, 0.2) is 36.4 Å². The number of aromatic nitrogens is 1. The number of nitrogen functional groups attached to an aromatic ring is 1. The Kier molecular flexibility index (Phi) is 3.94. The van der Waals surface area contributed by atoms with Crippen molar-refractivity contribution in [1.82, 2.24) is 10.3 Å². The van der Waals surface area contributed by atoms with E-state index < -0.39 is 0 Å². The molecule has 4 nitrogen and oxygen atoms in total. The highest BCUT2D eigenvalue weighted by molar-refractivity contribution is 7.21. The first-order chi connectivity index (χ1) is 11.7. The van der Waals surface area contributed by atoms with E-state index in [0.717, 1.165) is 35.9 Å². The third-order valence-corrected chi connectivity index (χ3v) is 5.61. The standard InChI is InChI=1S/C19H19N3OS/c20-16-14-11-13-7-4-8-15(13)22-19(14)24-17(16)18(23)21-10-9-12-5-2-1-3-6-12/h1-3,5-6,11H,4,7-10,20H2,(H,21,23). The fourth-order valence-electron chi connectivity index (χ4n) is 3.21. The van der Waals surface area contributed by atoms with Crippen molar-refractivity contribution in [1.29, 1.82) is 0 Å². The number of fused-ring (bicyclic) bond motifs is 2. The van der Waals surface area contributed by atoms with E-state index in [1.807, 2.05) is 18.2 Å². The topological polar surface area (TPSA) is 68.0 Å². The average molecular weight is 337 g/mol. The number of rotatable bonds is 4. The van der Waals surface area contributed by atoms with Crippen molar-refractivity contribution in [3.63, 3.8) is 0 Å². The van der Waals surface area contributed by atoms with Gasteiger partial charge in [0.2, 0.25) is 0 Å².